The van der Waals surface area contributed by atoms with Gasteiger partial charge in [0.1, 0.15) is 5.82 Å². The minimum atomic E-state index is -0.905. The van der Waals surface area contributed by atoms with Crippen LogP contribution in [-0.2, 0) is 48.1 Å². The fourth-order valence-electron chi connectivity index (χ4n) is 11.1. The summed E-state index contributed by atoms with van der Waals surface area (Å²) in [6, 6.07) is 79.9. The molecule has 1 aliphatic heterocycles. The number of para-hydroxylation sites is 3. The molecule has 0 bridgehead atoms. The molecule has 1 aliphatic rings. The fourth-order valence-corrected chi connectivity index (χ4v) is 11.1. The van der Waals surface area contributed by atoms with Crippen molar-refractivity contribution in [3.05, 3.63) is 269 Å². The first kappa shape index (κ1) is 51.5. The van der Waals surface area contributed by atoms with Crippen LogP contribution in [0.2, 0.25) is 0 Å². The van der Waals surface area contributed by atoms with Crippen LogP contribution in [0.1, 0.15) is 126 Å². The Morgan fingerprint density at radius 3 is 1.53 bits per heavy atom. The SMILES string of the molecule is CC(C)(C)c1cc(N2[CH-]N(c3[c-]c(C(c4[c-]c5c(cc4)c4ccccc4n5-c4cc(C(C)(C)C)ccn4)(c4ccccc4)c4ccccc4)cc(C(C)(C)c4ccccc4)c3)c3ccccc32)cc(C(C)(C)C)c1.[Pt]. The van der Waals surface area contributed by atoms with Crippen LogP contribution in [0.3, 0.4) is 0 Å². The summed E-state index contributed by atoms with van der Waals surface area (Å²) in [6.45, 7) is 27.6. The van der Waals surface area contributed by atoms with Crippen LogP contribution >= 0.6 is 0 Å². The second-order valence-corrected chi connectivity index (χ2v) is 23.9. The first-order valence-corrected chi connectivity index (χ1v) is 26.2. The third-order valence-corrected chi connectivity index (χ3v) is 15.5. The van der Waals surface area contributed by atoms with Crippen LogP contribution in [-0.4, -0.2) is 9.55 Å². The Bertz CT molecular complexity index is 3610. The number of hydrogen-bond acceptors (Lipinski definition) is 3. The summed E-state index contributed by atoms with van der Waals surface area (Å²) in [4.78, 5) is 9.84. The third-order valence-electron chi connectivity index (χ3n) is 15.5. The smallest absolute Gasteiger partial charge is 0.135 e. The Kier molecular flexibility index (Phi) is 13.2. The topological polar surface area (TPSA) is 24.3 Å². The molecule has 0 atom stereocenters. The van der Waals surface area contributed by atoms with E-state index >= 15 is 0 Å². The van der Waals surface area contributed by atoms with E-state index in [9.17, 15) is 0 Å². The maximum atomic E-state index is 5.09. The van der Waals surface area contributed by atoms with Crippen molar-refractivity contribution in [2.24, 2.45) is 0 Å². The molecule has 5 heteroatoms. The van der Waals surface area contributed by atoms with Crippen LogP contribution < -0.4 is 9.80 Å². The molecule has 0 saturated heterocycles. The number of aromatic nitrogens is 2. The first-order chi connectivity index (χ1) is 35.3. The zero-order chi connectivity index (χ0) is 51.8. The van der Waals surface area contributed by atoms with E-state index in [-0.39, 0.29) is 37.3 Å². The average molecular weight is 1160 g/mol. The van der Waals surface area contributed by atoms with E-state index in [1.54, 1.807) is 0 Å². The van der Waals surface area contributed by atoms with E-state index in [1.165, 1.54) is 27.8 Å². The number of pyridine rings is 1. The molecule has 0 saturated carbocycles. The van der Waals surface area contributed by atoms with Crippen molar-refractivity contribution in [3.63, 3.8) is 0 Å². The van der Waals surface area contributed by atoms with E-state index in [0.717, 1.165) is 72.6 Å². The molecule has 0 aliphatic carbocycles. The Labute approximate surface area is 460 Å². The fraction of sp³-hybridized carbons (Fsp3) is 0.229. The maximum absolute atomic E-state index is 5.09. The Hall–Kier alpha value is -7.00. The van der Waals surface area contributed by atoms with E-state index in [0.29, 0.717) is 0 Å². The van der Waals surface area contributed by atoms with Crippen molar-refractivity contribution >= 4 is 44.6 Å². The van der Waals surface area contributed by atoms with Gasteiger partial charge in [0.25, 0.3) is 0 Å². The normalized spacial score (nSPS) is 13.3. The average Bonchev–Trinajstić information content (AvgIpc) is 3.95. The molecule has 10 aromatic rings. The summed E-state index contributed by atoms with van der Waals surface area (Å²) >= 11 is 0. The molecular weight excluding hydrogens is 1090 g/mol. The van der Waals surface area contributed by atoms with Crippen molar-refractivity contribution in [3.8, 4) is 5.82 Å². The molecule has 380 valence electrons. The van der Waals surface area contributed by atoms with Crippen molar-refractivity contribution in [1.82, 2.24) is 9.55 Å². The minimum absolute atomic E-state index is 0. The zero-order valence-electron chi connectivity index (χ0n) is 45.2. The van der Waals surface area contributed by atoms with Crippen LogP contribution in [0.4, 0.5) is 22.7 Å². The summed E-state index contributed by atoms with van der Waals surface area (Å²) in [5.74, 6) is 0.873. The van der Waals surface area contributed by atoms with Crippen LogP contribution in [0.25, 0.3) is 27.6 Å². The quantitative estimate of drug-likeness (QED) is 0.106. The Balaban J connectivity index is 0.00000641. The molecule has 0 spiro atoms. The van der Waals surface area contributed by atoms with Crippen LogP contribution in [0.15, 0.2) is 200 Å². The summed E-state index contributed by atoms with van der Waals surface area (Å²) in [7, 11) is 0. The van der Waals surface area contributed by atoms with E-state index in [1.807, 2.05) is 6.20 Å². The van der Waals surface area contributed by atoms with Gasteiger partial charge in [-0.05, 0) is 103 Å². The number of anilines is 4. The van der Waals surface area contributed by atoms with Gasteiger partial charge in [-0.1, -0.05) is 209 Å². The standard InChI is InChI=1S/C70H67N4.Pt/c1-66(2,3)51-37-38-71-65(46-51)74-61-32-22-21-31-59(61)60-36-35-52(45-64(60)74)70(49-27-17-13-18-28-49,50-29-19-14-20-30-50)56-40-55(69(10,11)48-25-15-12-16-26-48)43-58(44-56)73-47-72(62-33-23-24-34-63(62)73)57-41-53(67(4,5)6)39-54(42-57)68(7,8)9;/h12-43,46-47H,1-11H3;/q-3;. The number of nitrogens with zero attached hydrogens (tertiary/aromatic N) is 4. The van der Waals surface area contributed by atoms with Gasteiger partial charge in [-0.2, -0.15) is 30.3 Å². The predicted octanol–water partition coefficient (Wildman–Crippen LogP) is 17.8. The molecule has 75 heavy (non-hydrogen) atoms. The van der Waals surface area contributed by atoms with E-state index in [2.05, 4.69) is 303 Å². The molecular formula is C70H67N4Pt-3. The number of hydrogen-bond donors (Lipinski definition) is 0. The third kappa shape index (κ3) is 9.14. The minimum Gasteiger partial charge on any atom is -0.493 e. The largest absolute Gasteiger partial charge is 0.493 e. The first-order valence-electron chi connectivity index (χ1n) is 26.2. The Morgan fingerprint density at radius 2 is 0.947 bits per heavy atom. The summed E-state index contributed by atoms with van der Waals surface area (Å²) < 4.78 is 2.32. The molecule has 0 fully saturated rings. The van der Waals surface area contributed by atoms with Crippen molar-refractivity contribution in [2.45, 2.75) is 103 Å². The van der Waals surface area contributed by atoms with Gasteiger partial charge in [-0.3, -0.25) is 0 Å². The molecule has 8 aromatic carbocycles. The Morgan fingerprint density at radius 1 is 0.413 bits per heavy atom. The van der Waals surface area contributed by atoms with Gasteiger partial charge in [-0.15, -0.1) is 40.5 Å². The zero-order valence-corrected chi connectivity index (χ0v) is 47.5. The number of benzene rings is 8. The van der Waals surface area contributed by atoms with Crippen molar-refractivity contribution in [2.75, 3.05) is 9.80 Å². The van der Waals surface area contributed by atoms with Gasteiger partial charge < -0.3 is 14.4 Å². The summed E-state index contributed by atoms with van der Waals surface area (Å²) in [6.07, 6.45) is 1.95. The van der Waals surface area contributed by atoms with E-state index < -0.39 is 10.8 Å². The molecule has 0 radical (unpaired) electrons. The number of fused-ring (bicyclic) bond motifs is 4. The van der Waals surface area contributed by atoms with Gasteiger partial charge >= 0.3 is 0 Å². The molecule has 2 aromatic heterocycles. The van der Waals surface area contributed by atoms with E-state index in [4.69, 9.17) is 4.98 Å². The second-order valence-electron chi connectivity index (χ2n) is 23.9. The predicted molar refractivity (Wildman–Crippen MR) is 311 cm³/mol. The van der Waals surface area contributed by atoms with Gasteiger partial charge in [0.15, 0.2) is 0 Å². The molecule has 4 nitrogen and oxygen atoms in total. The van der Waals surface area contributed by atoms with Gasteiger partial charge in [0.2, 0.25) is 0 Å². The molecule has 11 rings (SSSR count). The molecule has 0 amide bonds. The second kappa shape index (κ2) is 19.3. The van der Waals surface area contributed by atoms with Crippen LogP contribution in [0.5, 0.6) is 0 Å². The monoisotopic (exact) mass is 1160 g/mol. The summed E-state index contributed by atoms with van der Waals surface area (Å²) in [5, 5.41) is 2.29. The van der Waals surface area contributed by atoms with Gasteiger partial charge in [-0.25, -0.2) is 4.98 Å². The summed E-state index contributed by atoms with van der Waals surface area (Å²) in [5.41, 5.74) is 15.4. The van der Waals surface area contributed by atoms with Crippen molar-refractivity contribution < 1.29 is 21.1 Å². The molecule has 0 N–H and O–H groups in total. The van der Waals surface area contributed by atoms with Crippen molar-refractivity contribution in [1.29, 1.82) is 0 Å². The van der Waals surface area contributed by atoms with Gasteiger partial charge in [0, 0.05) is 55.3 Å². The number of rotatable bonds is 9. The maximum Gasteiger partial charge on any atom is 0.135 e. The molecule has 0 unspecified atom stereocenters. The molecule has 3 heterocycles. The van der Waals surface area contributed by atoms with Gasteiger partial charge in [0.05, 0.1) is 0 Å². The van der Waals surface area contributed by atoms with Crippen LogP contribution in [0, 0.1) is 18.8 Å².